The van der Waals surface area contributed by atoms with Gasteiger partial charge in [-0.25, -0.2) is 0 Å². The van der Waals surface area contributed by atoms with Gasteiger partial charge in [-0.05, 0) is 75.1 Å². The highest BCUT2D eigenvalue weighted by atomic mass is 32.2. The minimum Gasteiger partial charge on any atom is -0.372 e. The third-order valence-corrected chi connectivity index (χ3v) is 7.86. The molecule has 5 rings (SSSR count). The van der Waals surface area contributed by atoms with Crippen LogP contribution in [-0.2, 0) is 4.79 Å². The lowest BCUT2D eigenvalue weighted by molar-refractivity contribution is -0.113. The van der Waals surface area contributed by atoms with Crippen LogP contribution in [0.5, 0.6) is 0 Å². The van der Waals surface area contributed by atoms with Crippen molar-refractivity contribution in [3.05, 3.63) is 23.8 Å². The van der Waals surface area contributed by atoms with Crippen molar-refractivity contribution in [2.24, 2.45) is 5.92 Å². The van der Waals surface area contributed by atoms with Crippen LogP contribution < -0.4 is 15.1 Å². The summed E-state index contributed by atoms with van der Waals surface area (Å²) in [5.41, 5.74) is 3.25. The molecule has 0 radical (unpaired) electrons. The zero-order valence-corrected chi connectivity index (χ0v) is 20.0. The first-order chi connectivity index (χ1) is 15.6. The Kier molecular flexibility index (Phi) is 6.31. The number of thioether (sulfide) groups is 1. The molecule has 32 heavy (non-hydrogen) atoms. The number of nitrogens with zero attached hydrogens (tertiary/aromatic N) is 5. The molecule has 172 valence electrons. The zero-order valence-electron chi connectivity index (χ0n) is 19.2. The number of hydrogen-bond acceptors (Lipinski definition) is 6. The average molecular weight is 455 g/mol. The number of aromatic nitrogens is 3. The van der Waals surface area contributed by atoms with Gasteiger partial charge < -0.3 is 15.1 Å². The summed E-state index contributed by atoms with van der Waals surface area (Å²) in [6.07, 6.45) is 7.30. The van der Waals surface area contributed by atoms with Gasteiger partial charge in [-0.2, -0.15) is 0 Å². The Labute approximate surface area is 194 Å². The summed E-state index contributed by atoms with van der Waals surface area (Å²) in [7, 11) is 0. The Morgan fingerprint density at radius 1 is 1.06 bits per heavy atom. The highest BCUT2D eigenvalue weighted by Crippen LogP contribution is 2.41. The molecule has 7 nitrogen and oxygen atoms in total. The van der Waals surface area contributed by atoms with Gasteiger partial charge in [0.2, 0.25) is 11.9 Å². The van der Waals surface area contributed by atoms with E-state index >= 15 is 0 Å². The van der Waals surface area contributed by atoms with Crippen molar-refractivity contribution < 1.29 is 4.79 Å². The smallest absolute Gasteiger partial charge is 0.234 e. The second kappa shape index (κ2) is 9.33. The lowest BCUT2D eigenvalue weighted by atomic mass is 10.00. The van der Waals surface area contributed by atoms with Crippen molar-refractivity contribution >= 4 is 35.0 Å². The fourth-order valence-corrected chi connectivity index (χ4v) is 5.52. The number of piperidine rings is 1. The van der Waals surface area contributed by atoms with Crippen molar-refractivity contribution in [2.45, 2.75) is 63.6 Å². The van der Waals surface area contributed by atoms with Crippen LogP contribution in [0.4, 0.5) is 17.3 Å². The molecular formula is C24H34N6OS. The molecule has 0 spiro atoms. The maximum absolute atomic E-state index is 12.7. The molecule has 0 atom stereocenters. The fourth-order valence-electron chi connectivity index (χ4n) is 4.72. The van der Waals surface area contributed by atoms with Crippen LogP contribution in [-0.4, -0.2) is 52.6 Å². The van der Waals surface area contributed by atoms with Gasteiger partial charge in [-0.3, -0.25) is 9.36 Å². The van der Waals surface area contributed by atoms with Crippen molar-refractivity contribution in [3.8, 4) is 0 Å². The summed E-state index contributed by atoms with van der Waals surface area (Å²) in [6, 6.07) is 6.83. The lowest BCUT2D eigenvalue weighted by Crippen LogP contribution is -2.34. The molecule has 1 saturated carbocycles. The highest BCUT2D eigenvalue weighted by molar-refractivity contribution is 7.99. The summed E-state index contributed by atoms with van der Waals surface area (Å²) in [6.45, 7) is 8.74. The molecule has 3 aliphatic rings. The van der Waals surface area contributed by atoms with E-state index in [9.17, 15) is 4.79 Å². The van der Waals surface area contributed by atoms with E-state index in [-0.39, 0.29) is 5.91 Å². The van der Waals surface area contributed by atoms with Gasteiger partial charge in [0.1, 0.15) is 0 Å². The van der Waals surface area contributed by atoms with E-state index in [0.717, 1.165) is 54.5 Å². The standard InChI is InChI=1S/C24H34N6OS/c1-17-9-13-29(14-10-17)23-26-27-24(30(23)19-5-6-19)32-16-22(31)25-21-8-7-20(15-18(21)2)28-11-3-4-12-28/h7-8,15,17,19H,3-6,9-14,16H2,1-2H3,(H,25,31). The third-order valence-electron chi connectivity index (χ3n) is 6.91. The zero-order chi connectivity index (χ0) is 22.1. The number of nitrogens with one attached hydrogen (secondary N) is 1. The topological polar surface area (TPSA) is 66.3 Å². The number of carbonyl (C=O) groups excluding carboxylic acids is 1. The predicted molar refractivity (Wildman–Crippen MR) is 131 cm³/mol. The minimum atomic E-state index is 0.00529. The van der Waals surface area contributed by atoms with Crippen molar-refractivity contribution in [1.29, 1.82) is 0 Å². The molecule has 2 aromatic rings. The molecule has 8 heteroatoms. The Morgan fingerprint density at radius 3 is 2.50 bits per heavy atom. The highest BCUT2D eigenvalue weighted by Gasteiger charge is 2.32. The van der Waals surface area contributed by atoms with Gasteiger partial charge in [0.15, 0.2) is 5.16 Å². The number of carbonyl (C=O) groups is 1. The molecule has 3 heterocycles. The second-order valence-electron chi connectivity index (χ2n) is 9.58. The van der Waals surface area contributed by atoms with E-state index < -0.39 is 0 Å². The first-order valence-corrected chi connectivity index (χ1v) is 13.0. The number of hydrogen-bond donors (Lipinski definition) is 1. The summed E-state index contributed by atoms with van der Waals surface area (Å²) < 4.78 is 2.28. The molecule has 0 bridgehead atoms. The molecule has 3 fully saturated rings. The summed E-state index contributed by atoms with van der Waals surface area (Å²) in [4.78, 5) is 17.5. The maximum atomic E-state index is 12.7. The number of aryl methyl sites for hydroxylation is 1. The number of rotatable bonds is 7. The van der Waals surface area contributed by atoms with Crippen LogP contribution in [0.3, 0.4) is 0 Å². The van der Waals surface area contributed by atoms with Gasteiger partial charge in [-0.15, -0.1) is 10.2 Å². The van der Waals surface area contributed by atoms with Gasteiger partial charge in [0.05, 0.1) is 5.75 Å². The van der Waals surface area contributed by atoms with Crippen LogP contribution in [0.1, 0.15) is 57.1 Å². The van der Waals surface area contributed by atoms with Gasteiger partial charge in [0, 0.05) is 43.6 Å². The Balaban J connectivity index is 1.21. The normalized spacial score (nSPS) is 19.6. The third kappa shape index (κ3) is 4.75. The molecule has 1 aliphatic carbocycles. The van der Waals surface area contributed by atoms with Crippen LogP contribution in [0, 0.1) is 12.8 Å². The quantitative estimate of drug-likeness (QED) is 0.622. The maximum Gasteiger partial charge on any atom is 0.234 e. The number of benzene rings is 1. The SMILES string of the molecule is Cc1cc(N2CCCC2)ccc1NC(=O)CSc1nnc(N2CCC(C)CC2)n1C1CC1. The largest absolute Gasteiger partial charge is 0.372 e. The minimum absolute atomic E-state index is 0.00529. The van der Waals surface area contributed by atoms with E-state index in [2.05, 4.69) is 55.9 Å². The van der Waals surface area contributed by atoms with Gasteiger partial charge in [-0.1, -0.05) is 18.7 Å². The number of amides is 1. The molecule has 1 amide bonds. The summed E-state index contributed by atoms with van der Waals surface area (Å²) >= 11 is 1.50. The van der Waals surface area contributed by atoms with Crippen LogP contribution >= 0.6 is 11.8 Å². The van der Waals surface area contributed by atoms with Gasteiger partial charge in [0.25, 0.3) is 0 Å². The van der Waals surface area contributed by atoms with E-state index in [1.54, 1.807) is 0 Å². The van der Waals surface area contributed by atoms with Crippen LogP contribution in [0.25, 0.3) is 0 Å². The monoisotopic (exact) mass is 454 g/mol. The first-order valence-electron chi connectivity index (χ1n) is 12.1. The summed E-state index contributed by atoms with van der Waals surface area (Å²) in [5.74, 6) is 2.13. The first kappa shape index (κ1) is 21.6. The van der Waals surface area contributed by atoms with E-state index in [1.165, 1.54) is 56.0 Å². The molecule has 1 aromatic carbocycles. The average Bonchev–Trinajstić information content (AvgIpc) is 3.30. The molecule has 2 aliphatic heterocycles. The molecule has 2 saturated heterocycles. The van der Waals surface area contributed by atoms with E-state index in [4.69, 9.17) is 0 Å². The van der Waals surface area contributed by atoms with Crippen LogP contribution in [0.15, 0.2) is 23.4 Å². The van der Waals surface area contributed by atoms with Crippen molar-refractivity contribution in [1.82, 2.24) is 14.8 Å². The van der Waals surface area contributed by atoms with Crippen molar-refractivity contribution in [2.75, 3.05) is 47.0 Å². The Bertz CT molecular complexity index is 957. The Hall–Kier alpha value is -2.22. The molecular weight excluding hydrogens is 420 g/mol. The Morgan fingerprint density at radius 2 is 1.81 bits per heavy atom. The van der Waals surface area contributed by atoms with Crippen molar-refractivity contribution in [3.63, 3.8) is 0 Å². The number of anilines is 3. The van der Waals surface area contributed by atoms with Crippen LogP contribution in [0.2, 0.25) is 0 Å². The molecule has 1 aromatic heterocycles. The lowest BCUT2D eigenvalue weighted by Gasteiger charge is -2.31. The molecule has 0 unspecified atom stereocenters. The molecule has 1 N–H and O–H groups in total. The van der Waals surface area contributed by atoms with E-state index in [1.807, 2.05) is 6.07 Å². The second-order valence-corrected chi connectivity index (χ2v) is 10.5. The van der Waals surface area contributed by atoms with Gasteiger partial charge >= 0.3 is 0 Å². The van der Waals surface area contributed by atoms with E-state index in [0.29, 0.717) is 11.8 Å². The fraction of sp³-hybridized carbons (Fsp3) is 0.625. The predicted octanol–water partition coefficient (Wildman–Crippen LogP) is 4.49. The summed E-state index contributed by atoms with van der Waals surface area (Å²) in [5, 5.41) is 13.0.